The van der Waals surface area contributed by atoms with Crippen molar-refractivity contribution >= 4 is 29.3 Å². The second kappa shape index (κ2) is 6.43. The monoisotopic (exact) mass is 288 g/mol. The third-order valence-electron chi connectivity index (χ3n) is 2.93. The minimum Gasteiger partial charge on any atom is -0.336 e. The molecular weight excluding hydrogens is 272 g/mol. The number of carbonyl (C=O) groups is 1. The Morgan fingerprint density at radius 1 is 1.39 bits per heavy atom. The van der Waals surface area contributed by atoms with Crippen LogP contribution in [0.2, 0.25) is 0 Å². The zero-order valence-electron chi connectivity index (χ0n) is 10.4. The molecule has 0 saturated carbocycles. The summed E-state index contributed by atoms with van der Waals surface area (Å²) in [6.07, 6.45) is 3.09. The fraction of sp³-hybridized carbons (Fsp3) is 0.727. The highest BCUT2D eigenvalue weighted by Crippen LogP contribution is 2.18. The molecule has 0 spiro atoms. The van der Waals surface area contributed by atoms with Crippen LogP contribution in [0.25, 0.3) is 0 Å². The molecule has 1 saturated heterocycles. The molecule has 2 heterocycles. The molecule has 0 radical (unpaired) electrons. The van der Waals surface area contributed by atoms with E-state index >= 15 is 0 Å². The van der Waals surface area contributed by atoms with Crippen LogP contribution >= 0.6 is 23.4 Å². The van der Waals surface area contributed by atoms with Crippen molar-refractivity contribution in [2.75, 3.05) is 24.7 Å². The number of hydrogen-bond donors (Lipinski definition) is 0. The Balaban J connectivity index is 2.02. The van der Waals surface area contributed by atoms with Gasteiger partial charge in [0.25, 0.3) is 5.91 Å². The maximum Gasteiger partial charge on any atom is 0.291 e. The highest BCUT2D eigenvalue weighted by molar-refractivity contribution is 7.99. The fourth-order valence-electron chi connectivity index (χ4n) is 1.91. The lowest BCUT2D eigenvalue weighted by Crippen LogP contribution is -2.30. The van der Waals surface area contributed by atoms with E-state index in [9.17, 15) is 4.79 Å². The summed E-state index contributed by atoms with van der Waals surface area (Å²) in [4.78, 5) is 14.0. The summed E-state index contributed by atoms with van der Waals surface area (Å²) in [5.74, 6) is 1.97. The Labute approximate surface area is 116 Å². The lowest BCUT2D eigenvalue weighted by atomic mass is 10.4. The molecule has 1 aromatic heterocycles. The molecule has 100 valence electrons. The number of halogens is 1. The predicted octanol–water partition coefficient (Wildman–Crippen LogP) is 1.77. The Morgan fingerprint density at radius 2 is 2.11 bits per heavy atom. The molecule has 1 aliphatic heterocycles. The van der Waals surface area contributed by atoms with Gasteiger partial charge in [-0.15, -0.1) is 21.8 Å². The van der Waals surface area contributed by atoms with Crippen LogP contribution in [0.1, 0.15) is 29.9 Å². The summed E-state index contributed by atoms with van der Waals surface area (Å²) in [5.41, 5.74) is 0. The first-order valence-corrected chi connectivity index (χ1v) is 7.63. The molecule has 0 N–H and O–H groups in total. The molecule has 1 amide bonds. The van der Waals surface area contributed by atoms with Crippen molar-refractivity contribution in [3.05, 3.63) is 5.82 Å². The summed E-state index contributed by atoms with van der Waals surface area (Å²) in [5, 5.41) is 8.85. The average molecular weight is 289 g/mol. The van der Waals surface area contributed by atoms with Crippen LogP contribution in [0.5, 0.6) is 0 Å². The average Bonchev–Trinajstić information content (AvgIpc) is 3.00. The molecule has 1 aromatic rings. The number of thioether (sulfide) groups is 1. The van der Waals surface area contributed by atoms with Gasteiger partial charge in [0.05, 0.1) is 0 Å². The minimum absolute atomic E-state index is 0.00769. The summed E-state index contributed by atoms with van der Waals surface area (Å²) < 4.78 is 1.78. The van der Waals surface area contributed by atoms with E-state index in [0.717, 1.165) is 43.3 Å². The number of hydrogen-bond acceptors (Lipinski definition) is 4. The van der Waals surface area contributed by atoms with E-state index in [1.165, 1.54) is 0 Å². The van der Waals surface area contributed by atoms with E-state index in [1.807, 2.05) is 11.9 Å². The van der Waals surface area contributed by atoms with Crippen molar-refractivity contribution < 1.29 is 4.79 Å². The summed E-state index contributed by atoms with van der Waals surface area (Å²) in [7, 11) is 1.84. The summed E-state index contributed by atoms with van der Waals surface area (Å²) >= 11 is 7.22. The smallest absolute Gasteiger partial charge is 0.291 e. The molecule has 0 bridgehead atoms. The largest absolute Gasteiger partial charge is 0.336 e. The Morgan fingerprint density at radius 3 is 2.78 bits per heavy atom. The number of carbonyl (C=O) groups excluding carboxylic acids is 1. The van der Waals surface area contributed by atoms with Crippen LogP contribution in [0.4, 0.5) is 0 Å². The Kier molecular flexibility index (Phi) is 4.88. The fourth-order valence-corrected chi connectivity index (χ4v) is 3.05. The number of alkyl halides is 1. The summed E-state index contributed by atoms with van der Waals surface area (Å²) in [6, 6.07) is 0. The van der Waals surface area contributed by atoms with Crippen LogP contribution in [0.15, 0.2) is 5.16 Å². The zero-order chi connectivity index (χ0) is 13.0. The van der Waals surface area contributed by atoms with Gasteiger partial charge in [0, 0.05) is 31.8 Å². The highest BCUT2D eigenvalue weighted by atomic mass is 35.5. The number of nitrogens with zero attached hydrogens (tertiary/aromatic N) is 4. The Bertz CT molecular complexity index is 417. The van der Waals surface area contributed by atoms with Crippen LogP contribution in [-0.4, -0.2) is 50.3 Å². The second-order valence-corrected chi connectivity index (χ2v) is 5.70. The van der Waals surface area contributed by atoms with E-state index in [0.29, 0.717) is 11.7 Å². The van der Waals surface area contributed by atoms with Gasteiger partial charge in [-0.3, -0.25) is 4.79 Å². The maximum absolute atomic E-state index is 12.2. The SMILES string of the molecule is Cn1c(SCCCCl)nnc1C(=O)N1CCCC1. The van der Waals surface area contributed by atoms with Crippen molar-refractivity contribution in [2.45, 2.75) is 24.4 Å². The van der Waals surface area contributed by atoms with Gasteiger partial charge in [0.15, 0.2) is 5.16 Å². The second-order valence-electron chi connectivity index (χ2n) is 4.26. The normalized spacial score (nSPS) is 15.3. The first-order chi connectivity index (χ1) is 8.74. The lowest BCUT2D eigenvalue weighted by Gasteiger charge is -2.14. The van der Waals surface area contributed by atoms with E-state index < -0.39 is 0 Å². The van der Waals surface area contributed by atoms with Gasteiger partial charge in [0.1, 0.15) is 0 Å². The molecule has 5 nitrogen and oxygen atoms in total. The standard InChI is InChI=1S/C11H17ClN4OS/c1-15-9(10(17)16-6-2-3-7-16)13-14-11(15)18-8-4-5-12/h2-8H2,1H3. The molecule has 0 unspecified atom stereocenters. The molecule has 7 heteroatoms. The first kappa shape index (κ1) is 13.7. The van der Waals surface area contributed by atoms with E-state index in [1.54, 1.807) is 16.3 Å². The topological polar surface area (TPSA) is 51.0 Å². The lowest BCUT2D eigenvalue weighted by molar-refractivity contribution is 0.0776. The third kappa shape index (κ3) is 2.98. The number of amides is 1. The van der Waals surface area contributed by atoms with Gasteiger partial charge in [-0.2, -0.15) is 0 Å². The van der Waals surface area contributed by atoms with Crippen LogP contribution < -0.4 is 0 Å². The highest BCUT2D eigenvalue weighted by Gasteiger charge is 2.24. The first-order valence-electron chi connectivity index (χ1n) is 6.11. The van der Waals surface area contributed by atoms with Crippen LogP contribution in [0, 0.1) is 0 Å². The molecule has 18 heavy (non-hydrogen) atoms. The predicted molar refractivity (Wildman–Crippen MR) is 72.2 cm³/mol. The van der Waals surface area contributed by atoms with Crippen LogP contribution in [0.3, 0.4) is 0 Å². The Hall–Kier alpha value is -0.750. The van der Waals surface area contributed by atoms with E-state index in [4.69, 9.17) is 11.6 Å². The molecule has 1 fully saturated rings. The third-order valence-corrected chi connectivity index (χ3v) is 4.30. The molecule has 0 atom stereocenters. The minimum atomic E-state index is -0.00769. The molecular formula is C11H17ClN4OS. The van der Waals surface area contributed by atoms with Crippen molar-refractivity contribution in [2.24, 2.45) is 7.05 Å². The van der Waals surface area contributed by atoms with Gasteiger partial charge >= 0.3 is 0 Å². The zero-order valence-corrected chi connectivity index (χ0v) is 12.0. The van der Waals surface area contributed by atoms with Crippen molar-refractivity contribution in [3.63, 3.8) is 0 Å². The maximum atomic E-state index is 12.2. The van der Waals surface area contributed by atoms with Gasteiger partial charge in [-0.1, -0.05) is 11.8 Å². The molecule has 2 rings (SSSR count). The van der Waals surface area contributed by atoms with E-state index in [2.05, 4.69) is 10.2 Å². The van der Waals surface area contributed by atoms with Crippen LogP contribution in [-0.2, 0) is 7.05 Å². The van der Waals surface area contributed by atoms with Gasteiger partial charge in [-0.05, 0) is 19.3 Å². The number of rotatable bonds is 5. The van der Waals surface area contributed by atoms with Crippen molar-refractivity contribution in [3.8, 4) is 0 Å². The van der Waals surface area contributed by atoms with Crippen molar-refractivity contribution in [1.29, 1.82) is 0 Å². The van der Waals surface area contributed by atoms with Gasteiger partial charge in [0.2, 0.25) is 5.82 Å². The molecule has 0 aromatic carbocycles. The van der Waals surface area contributed by atoms with Gasteiger partial charge in [-0.25, -0.2) is 0 Å². The quantitative estimate of drug-likeness (QED) is 0.471. The molecule has 0 aliphatic carbocycles. The molecule has 1 aliphatic rings. The number of likely N-dealkylation sites (tertiary alicyclic amines) is 1. The number of aromatic nitrogens is 3. The van der Waals surface area contributed by atoms with Gasteiger partial charge < -0.3 is 9.47 Å². The summed E-state index contributed by atoms with van der Waals surface area (Å²) in [6.45, 7) is 1.67. The van der Waals surface area contributed by atoms with E-state index in [-0.39, 0.29) is 5.91 Å². The van der Waals surface area contributed by atoms with Crippen molar-refractivity contribution in [1.82, 2.24) is 19.7 Å².